The summed E-state index contributed by atoms with van der Waals surface area (Å²) < 4.78 is 14.2. The normalized spacial score (nSPS) is 11.1. The van der Waals surface area contributed by atoms with Crippen molar-refractivity contribution in [2.75, 3.05) is 13.1 Å². The van der Waals surface area contributed by atoms with Crippen LogP contribution in [0.4, 0.5) is 4.39 Å². The fraction of sp³-hybridized carbons (Fsp3) is 0.500. The predicted molar refractivity (Wildman–Crippen MR) is 68.9 cm³/mol. The van der Waals surface area contributed by atoms with Crippen molar-refractivity contribution in [1.82, 2.24) is 10.6 Å². The zero-order valence-electron chi connectivity index (χ0n) is 9.69. The van der Waals surface area contributed by atoms with Crippen molar-refractivity contribution < 1.29 is 4.39 Å². The van der Waals surface area contributed by atoms with E-state index >= 15 is 0 Å². The molecule has 0 saturated carbocycles. The largest absolute Gasteiger partial charge is 0.313 e. The van der Waals surface area contributed by atoms with Crippen LogP contribution in [0.25, 0.3) is 0 Å². The molecule has 16 heavy (non-hydrogen) atoms. The average Bonchev–Trinajstić information content (AvgIpc) is 2.20. The first kappa shape index (κ1) is 13.6. The summed E-state index contributed by atoms with van der Waals surface area (Å²) >= 11 is 3.23. The van der Waals surface area contributed by atoms with Crippen molar-refractivity contribution in [2.45, 2.75) is 26.4 Å². The molecule has 90 valence electrons. The average molecular weight is 289 g/mol. The van der Waals surface area contributed by atoms with E-state index in [2.05, 4.69) is 40.4 Å². The van der Waals surface area contributed by atoms with E-state index in [0.29, 0.717) is 18.2 Å². The highest BCUT2D eigenvalue weighted by Crippen LogP contribution is 2.14. The first-order valence-electron chi connectivity index (χ1n) is 5.47. The molecule has 1 rings (SSSR count). The van der Waals surface area contributed by atoms with Gasteiger partial charge in [-0.2, -0.15) is 0 Å². The van der Waals surface area contributed by atoms with Gasteiger partial charge >= 0.3 is 0 Å². The van der Waals surface area contributed by atoms with Crippen molar-refractivity contribution in [3.05, 3.63) is 34.1 Å². The van der Waals surface area contributed by atoms with Crippen LogP contribution in [0, 0.1) is 5.82 Å². The minimum Gasteiger partial charge on any atom is -0.313 e. The van der Waals surface area contributed by atoms with Gasteiger partial charge in [-0.15, -0.1) is 0 Å². The Hall–Kier alpha value is -0.450. The molecule has 1 aromatic carbocycles. The minimum absolute atomic E-state index is 0.168. The number of hydrogen-bond acceptors (Lipinski definition) is 2. The third-order valence-electron chi connectivity index (χ3n) is 2.18. The lowest BCUT2D eigenvalue weighted by Gasteiger charge is -2.09. The van der Waals surface area contributed by atoms with Crippen molar-refractivity contribution >= 4 is 15.9 Å². The molecule has 0 saturated heterocycles. The number of rotatable bonds is 6. The number of halogens is 2. The highest BCUT2D eigenvalue weighted by Gasteiger charge is 2.01. The Morgan fingerprint density at radius 1 is 1.31 bits per heavy atom. The summed E-state index contributed by atoms with van der Waals surface area (Å²) in [6, 6.07) is 5.63. The summed E-state index contributed by atoms with van der Waals surface area (Å²) in [5.74, 6) is -0.168. The SMILES string of the molecule is CC(C)NCCNCc1ccc(Br)cc1F. The van der Waals surface area contributed by atoms with Crippen molar-refractivity contribution in [1.29, 1.82) is 0 Å². The Balaban J connectivity index is 2.27. The van der Waals surface area contributed by atoms with Gasteiger partial charge in [-0.1, -0.05) is 35.8 Å². The van der Waals surface area contributed by atoms with Crippen molar-refractivity contribution in [3.63, 3.8) is 0 Å². The van der Waals surface area contributed by atoms with Crippen LogP contribution < -0.4 is 10.6 Å². The van der Waals surface area contributed by atoms with E-state index in [1.165, 1.54) is 6.07 Å². The van der Waals surface area contributed by atoms with Gasteiger partial charge in [0, 0.05) is 35.7 Å². The van der Waals surface area contributed by atoms with E-state index in [0.717, 1.165) is 17.6 Å². The summed E-state index contributed by atoms with van der Waals surface area (Å²) in [4.78, 5) is 0. The molecule has 0 aliphatic heterocycles. The standard InChI is InChI=1S/C12H18BrFN2/c1-9(2)16-6-5-15-8-10-3-4-11(13)7-12(10)14/h3-4,7,9,15-16H,5-6,8H2,1-2H3. The summed E-state index contributed by atoms with van der Waals surface area (Å²) in [6.07, 6.45) is 0. The van der Waals surface area contributed by atoms with Gasteiger partial charge in [-0.3, -0.25) is 0 Å². The predicted octanol–water partition coefficient (Wildman–Crippen LogP) is 2.68. The summed E-state index contributed by atoms with van der Waals surface area (Å²) in [6.45, 7) is 6.52. The number of nitrogens with one attached hydrogen (secondary N) is 2. The van der Waals surface area contributed by atoms with E-state index in [1.54, 1.807) is 6.07 Å². The topological polar surface area (TPSA) is 24.1 Å². The maximum absolute atomic E-state index is 13.4. The third kappa shape index (κ3) is 5.05. The third-order valence-corrected chi connectivity index (χ3v) is 2.68. The first-order chi connectivity index (χ1) is 7.59. The molecule has 0 fully saturated rings. The molecule has 0 atom stereocenters. The monoisotopic (exact) mass is 288 g/mol. The second kappa shape index (κ2) is 6.99. The van der Waals surface area contributed by atoms with Crippen LogP contribution in [0.1, 0.15) is 19.4 Å². The van der Waals surface area contributed by atoms with Gasteiger partial charge in [0.05, 0.1) is 0 Å². The lowest BCUT2D eigenvalue weighted by Crippen LogP contribution is -2.31. The van der Waals surface area contributed by atoms with Gasteiger partial charge in [0.15, 0.2) is 0 Å². The van der Waals surface area contributed by atoms with Gasteiger partial charge in [-0.25, -0.2) is 4.39 Å². The molecule has 0 bridgehead atoms. The van der Waals surface area contributed by atoms with E-state index in [4.69, 9.17) is 0 Å². The van der Waals surface area contributed by atoms with Gasteiger partial charge in [-0.05, 0) is 12.1 Å². The molecule has 0 unspecified atom stereocenters. The summed E-state index contributed by atoms with van der Waals surface area (Å²) in [5.41, 5.74) is 0.702. The molecule has 2 N–H and O–H groups in total. The van der Waals surface area contributed by atoms with E-state index < -0.39 is 0 Å². The lowest BCUT2D eigenvalue weighted by molar-refractivity contribution is 0.544. The molecule has 0 aromatic heterocycles. The molecule has 0 heterocycles. The van der Waals surface area contributed by atoms with Crippen LogP contribution in [0.2, 0.25) is 0 Å². The first-order valence-corrected chi connectivity index (χ1v) is 6.27. The molecular formula is C12H18BrFN2. The Morgan fingerprint density at radius 2 is 2.06 bits per heavy atom. The second-order valence-electron chi connectivity index (χ2n) is 4.02. The minimum atomic E-state index is -0.168. The molecule has 0 spiro atoms. The van der Waals surface area contributed by atoms with E-state index in [-0.39, 0.29) is 5.82 Å². The molecule has 0 aliphatic rings. The van der Waals surface area contributed by atoms with Gasteiger partial charge in [0.2, 0.25) is 0 Å². The maximum Gasteiger partial charge on any atom is 0.128 e. The Bertz CT molecular complexity index is 329. The number of hydrogen-bond donors (Lipinski definition) is 2. The highest BCUT2D eigenvalue weighted by atomic mass is 79.9. The summed E-state index contributed by atoms with van der Waals surface area (Å²) in [7, 11) is 0. The van der Waals surface area contributed by atoms with Crippen LogP contribution in [-0.2, 0) is 6.54 Å². The molecule has 2 nitrogen and oxygen atoms in total. The number of benzene rings is 1. The highest BCUT2D eigenvalue weighted by molar-refractivity contribution is 9.10. The van der Waals surface area contributed by atoms with Crippen molar-refractivity contribution in [2.24, 2.45) is 0 Å². The molecular weight excluding hydrogens is 271 g/mol. The van der Waals surface area contributed by atoms with Crippen LogP contribution in [0.5, 0.6) is 0 Å². The zero-order valence-corrected chi connectivity index (χ0v) is 11.3. The zero-order chi connectivity index (χ0) is 12.0. The molecule has 1 aromatic rings. The fourth-order valence-corrected chi connectivity index (χ4v) is 1.67. The molecule has 0 amide bonds. The smallest absolute Gasteiger partial charge is 0.128 e. The molecule has 4 heteroatoms. The van der Waals surface area contributed by atoms with Crippen LogP contribution in [-0.4, -0.2) is 19.1 Å². The van der Waals surface area contributed by atoms with E-state index in [1.807, 2.05) is 6.07 Å². The van der Waals surface area contributed by atoms with Crippen LogP contribution in [0.15, 0.2) is 22.7 Å². The fourth-order valence-electron chi connectivity index (χ4n) is 1.34. The Kier molecular flexibility index (Phi) is 5.95. The lowest BCUT2D eigenvalue weighted by atomic mass is 10.2. The van der Waals surface area contributed by atoms with Crippen LogP contribution >= 0.6 is 15.9 Å². The van der Waals surface area contributed by atoms with E-state index in [9.17, 15) is 4.39 Å². The van der Waals surface area contributed by atoms with Crippen molar-refractivity contribution in [3.8, 4) is 0 Å². The summed E-state index contributed by atoms with van der Waals surface area (Å²) in [5, 5.41) is 6.49. The van der Waals surface area contributed by atoms with Crippen LogP contribution in [0.3, 0.4) is 0 Å². The Morgan fingerprint density at radius 3 is 2.69 bits per heavy atom. The maximum atomic E-state index is 13.4. The quantitative estimate of drug-likeness (QED) is 0.787. The van der Waals surface area contributed by atoms with Gasteiger partial charge < -0.3 is 10.6 Å². The van der Waals surface area contributed by atoms with Gasteiger partial charge in [0.1, 0.15) is 5.82 Å². The Labute approximate surface area is 105 Å². The van der Waals surface area contributed by atoms with Gasteiger partial charge in [0.25, 0.3) is 0 Å². The molecule has 0 aliphatic carbocycles. The second-order valence-corrected chi connectivity index (χ2v) is 4.94. The molecule has 0 radical (unpaired) electrons.